The molecule has 0 spiro atoms. The van der Waals surface area contributed by atoms with Gasteiger partial charge in [-0.1, -0.05) is 18.2 Å². The minimum atomic E-state index is -0.375. The minimum absolute atomic E-state index is 0.0273. The number of carbonyl (C=O) groups is 2. The summed E-state index contributed by atoms with van der Waals surface area (Å²) in [4.78, 5) is 43.1. The van der Waals surface area contributed by atoms with Crippen molar-refractivity contribution in [1.29, 1.82) is 0 Å². The first-order chi connectivity index (χ1) is 15.8. The Bertz CT molecular complexity index is 1470. The third-order valence-corrected chi connectivity index (χ3v) is 5.84. The van der Waals surface area contributed by atoms with Crippen molar-refractivity contribution >= 4 is 28.5 Å². The maximum absolute atomic E-state index is 12.7. The Balaban J connectivity index is 1.76. The third kappa shape index (κ3) is 3.36. The normalized spacial score (nSPS) is 13.9. The number of fused-ring (bicyclic) bond motifs is 1. The van der Waals surface area contributed by atoms with E-state index in [1.165, 1.54) is 9.80 Å². The second kappa shape index (κ2) is 7.67. The highest BCUT2D eigenvalue weighted by molar-refractivity contribution is 6.20. The Kier molecular flexibility index (Phi) is 4.78. The number of aromatic nitrogens is 2. The lowest BCUT2D eigenvalue weighted by molar-refractivity contribution is -0.116. The molecule has 166 valence electrons. The van der Waals surface area contributed by atoms with Crippen molar-refractivity contribution in [2.75, 3.05) is 18.5 Å². The molecule has 3 heterocycles. The van der Waals surface area contributed by atoms with E-state index in [1.54, 1.807) is 30.9 Å². The summed E-state index contributed by atoms with van der Waals surface area (Å²) in [6.07, 6.45) is 3.45. The molecule has 1 aliphatic rings. The molecule has 8 heteroatoms. The summed E-state index contributed by atoms with van der Waals surface area (Å²) in [6.45, 7) is 1.86. The van der Waals surface area contributed by atoms with Crippen LogP contribution in [0.15, 0.2) is 65.7 Å². The highest BCUT2D eigenvalue weighted by Gasteiger charge is 2.36. The number of urea groups is 1. The number of amides is 3. The molecule has 4 aromatic rings. The Morgan fingerprint density at radius 1 is 0.970 bits per heavy atom. The van der Waals surface area contributed by atoms with Crippen LogP contribution in [0.3, 0.4) is 0 Å². The largest absolute Gasteiger partial charge is 0.457 e. The van der Waals surface area contributed by atoms with Gasteiger partial charge in [-0.05, 0) is 42.8 Å². The number of pyridine rings is 1. The van der Waals surface area contributed by atoms with E-state index in [4.69, 9.17) is 4.74 Å². The summed E-state index contributed by atoms with van der Waals surface area (Å²) in [5, 5.41) is 0.741. The van der Waals surface area contributed by atoms with Crippen molar-refractivity contribution < 1.29 is 14.3 Å². The van der Waals surface area contributed by atoms with E-state index < -0.39 is 0 Å². The fourth-order valence-corrected chi connectivity index (χ4v) is 4.26. The number of benzene rings is 2. The molecule has 1 fully saturated rings. The van der Waals surface area contributed by atoms with Crippen LogP contribution in [-0.2, 0) is 11.8 Å². The van der Waals surface area contributed by atoms with Crippen LogP contribution in [0.1, 0.15) is 5.56 Å². The number of aromatic amines is 1. The number of rotatable bonds is 4. The van der Waals surface area contributed by atoms with Crippen molar-refractivity contribution in [1.82, 2.24) is 14.5 Å². The van der Waals surface area contributed by atoms with Gasteiger partial charge in [0.05, 0.1) is 5.69 Å². The van der Waals surface area contributed by atoms with E-state index in [2.05, 4.69) is 4.98 Å². The van der Waals surface area contributed by atoms with E-state index in [9.17, 15) is 14.4 Å². The molecular formula is C25H22N4O4. The number of H-pyrrole nitrogens is 1. The first-order valence-corrected chi connectivity index (χ1v) is 10.5. The fraction of sp³-hybridized carbons (Fsp3) is 0.160. The highest BCUT2D eigenvalue weighted by Crippen LogP contribution is 2.42. The number of nitrogens with one attached hydrogen (secondary N) is 1. The Morgan fingerprint density at radius 3 is 2.42 bits per heavy atom. The molecule has 8 nitrogen and oxygen atoms in total. The first-order valence-electron chi connectivity index (χ1n) is 10.5. The van der Waals surface area contributed by atoms with Gasteiger partial charge in [-0.25, -0.2) is 9.69 Å². The van der Waals surface area contributed by atoms with Crippen LogP contribution in [0.25, 0.3) is 22.0 Å². The predicted octanol–water partition coefficient (Wildman–Crippen LogP) is 4.03. The maximum atomic E-state index is 12.7. The molecule has 2 aromatic heterocycles. The summed E-state index contributed by atoms with van der Waals surface area (Å²) in [7, 11) is 3.40. The summed E-state index contributed by atoms with van der Waals surface area (Å²) >= 11 is 0. The summed E-state index contributed by atoms with van der Waals surface area (Å²) < 4.78 is 7.99. The van der Waals surface area contributed by atoms with Crippen molar-refractivity contribution in [2.24, 2.45) is 7.05 Å². The molecule has 0 atom stereocenters. The van der Waals surface area contributed by atoms with Crippen LogP contribution in [0.4, 0.5) is 10.5 Å². The predicted molar refractivity (Wildman–Crippen MR) is 126 cm³/mol. The zero-order valence-corrected chi connectivity index (χ0v) is 18.5. The standard InChI is InChI=1S/C25H22N4O4/c1-15-11-21(33-16-7-5-4-6-8-16)18(12-20(15)29-22(30)14-28(3)25(29)32)19-13-27(2)23-17(19)9-10-26-24(23)31/h4-13H,14H2,1-3H3,(H,26,31). The molecule has 2 aromatic carbocycles. The van der Waals surface area contributed by atoms with Gasteiger partial charge in [0.15, 0.2) is 0 Å². The van der Waals surface area contributed by atoms with Gasteiger partial charge in [-0.3, -0.25) is 9.59 Å². The zero-order valence-electron chi connectivity index (χ0n) is 18.5. The summed E-state index contributed by atoms with van der Waals surface area (Å²) in [5.74, 6) is 0.919. The molecule has 0 aliphatic carbocycles. The number of para-hydroxylation sites is 1. The number of carbonyl (C=O) groups excluding carboxylic acids is 2. The van der Waals surface area contributed by atoms with Gasteiger partial charge in [-0.15, -0.1) is 0 Å². The minimum Gasteiger partial charge on any atom is -0.457 e. The number of anilines is 1. The first kappa shape index (κ1) is 20.6. The average Bonchev–Trinajstić information content (AvgIpc) is 3.25. The number of likely N-dealkylation sites (N-methyl/N-ethyl adjacent to an activating group) is 1. The van der Waals surface area contributed by atoms with Crippen LogP contribution in [0.5, 0.6) is 11.5 Å². The summed E-state index contributed by atoms with van der Waals surface area (Å²) in [6, 6.07) is 14.4. The van der Waals surface area contributed by atoms with Crippen LogP contribution in [0, 0.1) is 6.92 Å². The third-order valence-electron chi connectivity index (χ3n) is 5.84. The van der Waals surface area contributed by atoms with Crippen LogP contribution >= 0.6 is 0 Å². The number of hydrogen-bond donors (Lipinski definition) is 1. The van der Waals surface area contributed by atoms with Gasteiger partial charge in [0.1, 0.15) is 23.6 Å². The van der Waals surface area contributed by atoms with E-state index in [0.29, 0.717) is 28.3 Å². The van der Waals surface area contributed by atoms with E-state index in [-0.39, 0.29) is 24.0 Å². The quantitative estimate of drug-likeness (QED) is 0.484. The fourth-order valence-electron chi connectivity index (χ4n) is 4.26. The molecule has 3 amide bonds. The molecule has 0 bridgehead atoms. The number of ether oxygens (including phenoxy) is 1. The SMILES string of the molecule is Cc1cc(Oc2ccccc2)c(-c2cn(C)c3c(=O)[nH]ccc23)cc1N1C(=O)CN(C)C1=O. The molecular weight excluding hydrogens is 420 g/mol. The van der Waals surface area contributed by atoms with Gasteiger partial charge in [-0.2, -0.15) is 0 Å². The van der Waals surface area contributed by atoms with Gasteiger partial charge in [0, 0.05) is 43.0 Å². The molecule has 33 heavy (non-hydrogen) atoms. The maximum Gasteiger partial charge on any atom is 0.331 e. The lowest BCUT2D eigenvalue weighted by atomic mass is 10.0. The van der Waals surface area contributed by atoms with Crippen molar-refractivity contribution in [2.45, 2.75) is 6.92 Å². The molecule has 0 saturated carbocycles. The smallest absolute Gasteiger partial charge is 0.331 e. The van der Waals surface area contributed by atoms with Crippen molar-refractivity contribution in [3.63, 3.8) is 0 Å². The Labute approximate surface area is 189 Å². The van der Waals surface area contributed by atoms with Gasteiger partial charge in [0.2, 0.25) is 0 Å². The topological polar surface area (TPSA) is 87.6 Å². The molecule has 5 rings (SSSR count). The van der Waals surface area contributed by atoms with Gasteiger partial charge < -0.3 is 19.2 Å². The summed E-state index contributed by atoms with van der Waals surface area (Å²) in [5.41, 5.74) is 2.97. The van der Waals surface area contributed by atoms with Gasteiger partial charge >= 0.3 is 6.03 Å². The lowest BCUT2D eigenvalue weighted by Gasteiger charge is -2.20. The number of hydrogen-bond acceptors (Lipinski definition) is 4. The van der Waals surface area contributed by atoms with Gasteiger partial charge in [0.25, 0.3) is 11.5 Å². The average molecular weight is 442 g/mol. The van der Waals surface area contributed by atoms with E-state index in [0.717, 1.165) is 16.5 Å². The van der Waals surface area contributed by atoms with Crippen LogP contribution in [-0.4, -0.2) is 40.0 Å². The highest BCUT2D eigenvalue weighted by atomic mass is 16.5. The number of nitrogens with zero attached hydrogens (tertiary/aromatic N) is 3. The van der Waals surface area contributed by atoms with Crippen LogP contribution in [0.2, 0.25) is 0 Å². The Morgan fingerprint density at radius 2 is 1.73 bits per heavy atom. The number of aryl methyl sites for hydroxylation is 2. The Hall–Kier alpha value is -4.33. The molecule has 1 saturated heterocycles. The monoisotopic (exact) mass is 442 g/mol. The number of imide groups is 1. The molecule has 1 N–H and O–H groups in total. The second-order valence-corrected chi connectivity index (χ2v) is 8.14. The molecule has 0 unspecified atom stereocenters. The second-order valence-electron chi connectivity index (χ2n) is 8.14. The van der Waals surface area contributed by atoms with E-state index >= 15 is 0 Å². The van der Waals surface area contributed by atoms with Crippen molar-refractivity contribution in [3.8, 4) is 22.6 Å². The zero-order chi connectivity index (χ0) is 23.3. The van der Waals surface area contributed by atoms with Crippen molar-refractivity contribution in [3.05, 3.63) is 76.8 Å². The molecule has 0 radical (unpaired) electrons. The molecule has 1 aliphatic heterocycles. The van der Waals surface area contributed by atoms with Crippen LogP contribution < -0.4 is 15.2 Å². The van der Waals surface area contributed by atoms with E-state index in [1.807, 2.05) is 55.6 Å². The lowest BCUT2D eigenvalue weighted by Crippen LogP contribution is -2.32.